The maximum atomic E-state index is 13.5. The van der Waals surface area contributed by atoms with Crippen LogP contribution in [0.5, 0.6) is 11.5 Å². The summed E-state index contributed by atoms with van der Waals surface area (Å²) in [5.74, 6) is -0.262. The Morgan fingerprint density at radius 3 is 2.29 bits per heavy atom. The molecule has 1 aromatic heterocycles. The highest BCUT2D eigenvalue weighted by Crippen LogP contribution is 2.32. The predicted octanol–water partition coefficient (Wildman–Crippen LogP) is 6.45. The summed E-state index contributed by atoms with van der Waals surface area (Å²) >= 11 is 12.2. The van der Waals surface area contributed by atoms with Crippen LogP contribution in [0.4, 0.5) is 23.0 Å². The monoisotopic (exact) mass is 609 g/mol. The lowest BCUT2D eigenvalue weighted by molar-refractivity contribution is 0.102. The summed E-state index contributed by atoms with van der Waals surface area (Å²) in [6, 6.07) is 21.7. The van der Waals surface area contributed by atoms with E-state index in [-0.39, 0.29) is 43.6 Å². The molecule has 0 aliphatic carbocycles. The van der Waals surface area contributed by atoms with Crippen molar-refractivity contribution in [2.24, 2.45) is 0 Å². The average molecular weight is 610 g/mol. The normalized spacial score (nSPS) is 11.2. The van der Waals surface area contributed by atoms with Gasteiger partial charge >= 0.3 is 0 Å². The molecule has 10 nitrogen and oxygen atoms in total. The summed E-state index contributed by atoms with van der Waals surface area (Å²) < 4.78 is 34.7. The van der Waals surface area contributed by atoms with Crippen molar-refractivity contribution in [1.82, 2.24) is 9.97 Å². The molecule has 5 rings (SSSR count). The Bertz CT molecular complexity index is 1900. The SMILES string of the molecule is COc1cc(O)cc(Nc2nc3ccccc3nc2NS(=O)(=O)c2cccc(NC(=O)c3cccc(Cl)c3Cl)c2)c1. The van der Waals surface area contributed by atoms with Gasteiger partial charge in [-0.3, -0.25) is 9.52 Å². The molecule has 5 aromatic rings. The van der Waals surface area contributed by atoms with Gasteiger partial charge in [0.05, 0.1) is 38.6 Å². The van der Waals surface area contributed by atoms with Crippen molar-refractivity contribution in [2.75, 3.05) is 22.5 Å². The zero-order valence-corrected chi connectivity index (χ0v) is 23.6. The molecule has 0 spiro atoms. The minimum Gasteiger partial charge on any atom is -0.508 e. The second kappa shape index (κ2) is 11.5. The third-order valence-corrected chi connectivity index (χ3v) is 7.95. The molecule has 1 heterocycles. The summed E-state index contributed by atoms with van der Waals surface area (Å²) in [6.07, 6.45) is 0. The van der Waals surface area contributed by atoms with Crippen LogP contribution in [-0.2, 0) is 10.0 Å². The first-order chi connectivity index (χ1) is 19.6. The number of carbonyl (C=O) groups excluding carboxylic acids is 1. The Labute approximate surface area is 245 Å². The van der Waals surface area contributed by atoms with Gasteiger partial charge in [0, 0.05) is 29.6 Å². The fourth-order valence-electron chi connectivity index (χ4n) is 3.87. The highest BCUT2D eigenvalue weighted by molar-refractivity contribution is 7.92. The molecule has 1 amide bonds. The number of nitrogens with one attached hydrogen (secondary N) is 3. The van der Waals surface area contributed by atoms with Crippen LogP contribution in [0, 0.1) is 0 Å². The Morgan fingerprint density at radius 1 is 0.854 bits per heavy atom. The standard InChI is InChI=1S/C28H21Cl2N5O5S/c1-40-19-13-17(12-18(36)15-19)31-26-27(34-24-11-3-2-10-23(24)33-26)35-41(38,39)20-7-4-6-16(14-20)32-28(37)21-8-5-9-22(29)25(21)30/h2-15,36H,1H3,(H,31,33)(H,32,37)(H,34,35). The molecule has 0 aliphatic heterocycles. The zero-order chi connectivity index (χ0) is 29.1. The van der Waals surface area contributed by atoms with Crippen LogP contribution in [0.25, 0.3) is 11.0 Å². The minimum absolute atomic E-state index is 0.0688. The van der Waals surface area contributed by atoms with Crippen LogP contribution in [0.1, 0.15) is 10.4 Å². The second-order valence-corrected chi connectivity index (χ2v) is 11.1. The van der Waals surface area contributed by atoms with Gasteiger partial charge < -0.3 is 20.5 Å². The number of fused-ring (bicyclic) bond motifs is 1. The van der Waals surface area contributed by atoms with Gasteiger partial charge in [-0.15, -0.1) is 0 Å². The number of hydrogen-bond acceptors (Lipinski definition) is 8. The molecule has 4 aromatic carbocycles. The third kappa shape index (κ3) is 6.27. The van der Waals surface area contributed by atoms with Gasteiger partial charge in [0.15, 0.2) is 11.6 Å². The number of amides is 1. The molecule has 4 N–H and O–H groups in total. The lowest BCUT2D eigenvalue weighted by Gasteiger charge is -2.15. The van der Waals surface area contributed by atoms with E-state index in [1.807, 2.05) is 0 Å². The number of methoxy groups -OCH3 is 1. The number of phenolic OH excluding ortho intramolecular Hbond substituents is 1. The van der Waals surface area contributed by atoms with E-state index in [9.17, 15) is 18.3 Å². The lowest BCUT2D eigenvalue weighted by atomic mass is 10.2. The van der Waals surface area contributed by atoms with Gasteiger partial charge in [-0.1, -0.05) is 47.5 Å². The summed E-state index contributed by atoms with van der Waals surface area (Å²) in [4.78, 5) is 21.6. The van der Waals surface area contributed by atoms with E-state index in [1.54, 1.807) is 42.5 Å². The number of para-hydroxylation sites is 2. The quantitative estimate of drug-likeness (QED) is 0.157. The third-order valence-electron chi connectivity index (χ3n) is 5.79. The van der Waals surface area contributed by atoms with Crippen molar-refractivity contribution >= 4 is 73.2 Å². The number of hydrogen-bond donors (Lipinski definition) is 4. The molecule has 41 heavy (non-hydrogen) atoms. The van der Waals surface area contributed by atoms with E-state index in [0.29, 0.717) is 22.5 Å². The molecular weight excluding hydrogens is 589 g/mol. The number of aromatic hydroxyl groups is 1. The van der Waals surface area contributed by atoms with Crippen molar-refractivity contribution in [3.05, 3.63) is 101 Å². The predicted molar refractivity (Wildman–Crippen MR) is 159 cm³/mol. The van der Waals surface area contributed by atoms with E-state index in [2.05, 4.69) is 25.3 Å². The summed E-state index contributed by atoms with van der Waals surface area (Å²) in [6.45, 7) is 0. The van der Waals surface area contributed by atoms with Crippen LogP contribution in [0.15, 0.2) is 89.8 Å². The number of carbonyl (C=O) groups is 1. The topological polar surface area (TPSA) is 143 Å². The summed E-state index contributed by atoms with van der Waals surface area (Å²) in [5, 5.41) is 16.0. The first-order valence-electron chi connectivity index (χ1n) is 11.9. The molecule has 0 atom stereocenters. The number of sulfonamides is 1. The van der Waals surface area contributed by atoms with Crippen molar-refractivity contribution in [3.8, 4) is 11.5 Å². The van der Waals surface area contributed by atoms with Gasteiger partial charge in [-0.25, -0.2) is 18.4 Å². The van der Waals surface area contributed by atoms with Crippen LogP contribution in [0.3, 0.4) is 0 Å². The lowest BCUT2D eigenvalue weighted by Crippen LogP contribution is -2.17. The molecule has 0 radical (unpaired) electrons. The molecule has 0 saturated heterocycles. The number of phenols is 1. The Morgan fingerprint density at radius 2 is 1.56 bits per heavy atom. The second-order valence-electron chi connectivity index (χ2n) is 8.64. The first-order valence-corrected chi connectivity index (χ1v) is 14.2. The first kappa shape index (κ1) is 28.0. The van der Waals surface area contributed by atoms with Crippen molar-refractivity contribution in [1.29, 1.82) is 0 Å². The van der Waals surface area contributed by atoms with Gasteiger partial charge in [0.1, 0.15) is 11.5 Å². The Kier molecular flexibility index (Phi) is 7.84. The van der Waals surface area contributed by atoms with E-state index >= 15 is 0 Å². The number of benzene rings is 4. The van der Waals surface area contributed by atoms with Crippen LogP contribution < -0.4 is 20.1 Å². The molecule has 13 heteroatoms. The smallest absolute Gasteiger partial charge is 0.263 e. The van der Waals surface area contributed by atoms with Gasteiger partial charge in [0.25, 0.3) is 15.9 Å². The van der Waals surface area contributed by atoms with Crippen LogP contribution >= 0.6 is 23.2 Å². The number of halogens is 2. The Hall–Kier alpha value is -4.58. The van der Waals surface area contributed by atoms with Crippen LogP contribution in [0.2, 0.25) is 10.0 Å². The maximum Gasteiger partial charge on any atom is 0.263 e. The molecule has 0 unspecified atom stereocenters. The highest BCUT2D eigenvalue weighted by atomic mass is 35.5. The van der Waals surface area contributed by atoms with Gasteiger partial charge in [-0.2, -0.15) is 0 Å². The molecular formula is C28H21Cl2N5O5S. The molecule has 0 bridgehead atoms. The van der Waals surface area contributed by atoms with Crippen molar-refractivity contribution in [3.63, 3.8) is 0 Å². The van der Waals surface area contributed by atoms with E-state index in [1.165, 1.54) is 49.6 Å². The number of nitrogens with zero attached hydrogens (tertiary/aromatic N) is 2. The fourth-order valence-corrected chi connectivity index (χ4v) is 5.31. The van der Waals surface area contributed by atoms with Crippen LogP contribution in [-0.4, -0.2) is 36.5 Å². The maximum absolute atomic E-state index is 13.5. The summed E-state index contributed by atoms with van der Waals surface area (Å²) in [7, 11) is -2.77. The van der Waals surface area contributed by atoms with Crippen molar-refractivity contribution in [2.45, 2.75) is 4.90 Å². The van der Waals surface area contributed by atoms with E-state index < -0.39 is 15.9 Å². The van der Waals surface area contributed by atoms with Crippen molar-refractivity contribution < 1.29 is 23.1 Å². The molecule has 0 saturated carbocycles. The number of anilines is 4. The highest BCUT2D eigenvalue weighted by Gasteiger charge is 2.21. The zero-order valence-electron chi connectivity index (χ0n) is 21.2. The van der Waals surface area contributed by atoms with E-state index in [4.69, 9.17) is 27.9 Å². The molecule has 208 valence electrons. The Balaban J connectivity index is 1.47. The largest absolute Gasteiger partial charge is 0.508 e. The van der Waals surface area contributed by atoms with E-state index in [0.717, 1.165) is 0 Å². The number of ether oxygens (including phenoxy) is 1. The van der Waals surface area contributed by atoms with Gasteiger partial charge in [0.2, 0.25) is 0 Å². The van der Waals surface area contributed by atoms with Gasteiger partial charge in [-0.05, 0) is 42.5 Å². The molecule has 0 aliphatic rings. The number of aromatic nitrogens is 2. The summed E-state index contributed by atoms with van der Waals surface area (Å²) in [5.41, 5.74) is 1.69. The number of rotatable bonds is 8. The average Bonchev–Trinajstić information content (AvgIpc) is 2.94. The minimum atomic E-state index is -4.22. The fraction of sp³-hybridized carbons (Fsp3) is 0.0357. The molecule has 0 fully saturated rings.